The minimum atomic E-state index is -0.566. The van der Waals surface area contributed by atoms with Gasteiger partial charge in [0.2, 0.25) is 0 Å². The van der Waals surface area contributed by atoms with E-state index >= 15 is 0 Å². The molecule has 0 aliphatic heterocycles. The molecule has 0 N–H and O–H groups in total. The molecule has 0 radical (unpaired) electrons. The first kappa shape index (κ1) is 26.0. The highest BCUT2D eigenvalue weighted by atomic mass is 79.9. The number of halogens is 5. The van der Waals surface area contributed by atoms with E-state index in [0.717, 1.165) is 5.56 Å². The van der Waals surface area contributed by atoms with E-state index in [1.807, 2.05) is 0 Å². The topological polar surface area (TPSA) is 34.1 Å². The Kier molecular flexibility index (Phi) is 9.09. The smallest absolute Gasteiger partial charge is 0.180 e. The largest absolute Gasteiger partial charge is 0.294 e. The monoisotopic (exact) mass is 542 g/mol. The van der Waals surface area contributed by atoms with E-state index in [2.05, 4.69) is 15.9 Å². The molecule has 0 aromatic heterocycles. The molecular formula is C28H19BrF4O2. The van der Waals surface area contributed by atoms with Crippen molar-refractivity contribution in [3.05, 3.63) is 143 Å². The Morgan fingerprint density at radius 1 is 0.571 bits per heavy atom. The van der Waals surface area contributed by atoms with E-state index in [1.165, 1.54) is 84.9 Å². The minimum Gasteiger partial charge on any atom is -0.294 e. The molecule has 0 spiro atoms. The summed E-state index contributed by atoms with van der Waals surface area (Å²) in [5.41, 5.74) is 2.25. The van der Waals surface area contributed by atoms with Crippen LogP contribution in [0.4, 0.5) is 17.6 Å². The summed E-state index contributed by atoms with van der Waals surface area (Å²) in [5, 5.41) is 0. The maximum Gasteiger partial charge on any atom is 0.180 e. The number of benzene rings is 4. The van der Waals surface area contributed by atoms with Crippen LogP contribution < -0.4 is 0 Å². The quantitative estimate of drug-likeness (QED) is 0.142. The fourth-order valence-electron chi connectivity index (χ4n) is 3.07. The van der Waals surface area contributed by atoms with Gasteiger partial charge in [-0.2, -0.15) is 0 Å². The van der Waals surface area contributed by atoms with Crippen LogP contribution in [-0.4, -0.2) is 11.6 Å². The second kappa shape index (κ2) is 12.2. The second-order valence-electron chi connectivity index (χ2n) is 7.52. The number of hydrogen-bond acceptors (Lipinski definition) is 2. The molecule has 1 unspecified atom stereocenters. The van der Waals surface area contributed by atoms with Gasteiger partial charge in [0, 0.05) is 17.5 Å². The van der Waals surface area contributed by atoms with Crippen molar-refractivity contribution in [1.29, 1.82) is 0 Å². The van der Waals surface area contributed by atoms with Crippen molar-refractivity contribution in [2.45, 2.75) is 11.2 Å². The molecule has 4 aromatic rings. The van der Waals surface area contributed by atoms with Crippen LogP contribution in [-0.2, 0) is 6.42 Å². The van der Waals surface area contributed by atoms with Crippen molar-refractivity contribution in [3.63, 3.8) is 0 Å². The van der Waals surface area contributed by atoms with E-state index < -0.39 is 4.83 Å². The first-order valence-electron chi connectivity index (χ1n) is 10.5. The molecule has 0 aliphatic rings. The van der Waals surface area contributed by atoms with Gasteiger partial charge < -0.3 is 0 Å². The van der Waals surface area contributed by atoms with Crippen LogP contribution in [0.2, 0.25) is 0 Å². The number of alkyl halides is 1. The lowest BCUT2D eigenvalue weighted by Gasteiger charge is -2.09. The lowest BCUT2D eigenvalue weighted by Crippen LogP contribution is -2.07. The molecule has 4 aromatic carbocycles. The first-order valence-corrected chi connectivity index (χ1v) is 11.4. The van der Waals surface area contributed by atoms with Crippen molar-refractivity contribution < 1.29 is 27.2 Å². The molecule has 178 valence electrons. The number of carbonyl (C=O) groups is 2. The van der Waals surface area contributed by atoms with Gasteiger partial charge in [-0.1, -0.05) is 40.2 Å². The summed E-state index contributed by atoms with van der Waals surface area (Å²) in [5.74, 6) is -1.75. The van der Waals surface area contributed by atoms with Gasteiger partial charge in [0.1, 0.15) is 28.1 Å². The Morgan fingerprint density at radius 3 is 1.40 bits per heavy atom. The molecule has 0 aliphatic carbocycles. The van der Waals surface area contributed by atoms with Gasteiger partial charge in [0.15, 0.2) is 11.6 Å². The summed E-state index contributed by atoms with van der Waals surface area (Å²) in [4.78, 5) is 23.3. The molecule has 35 heavy (non-hydrogen) atoms. The Hall–Kier alpha value is -3.58. The van der Waals surface area contributed by atoms with Gasteiger partial charge in [-0.05, 0) is 83.9 Å². The SMILES string of the molecule is O=C(Cc1ccc(F)cc1)c1ccc(F)cc1.O=C(c1ccc(F)cc1)C(Br)c1ccc(F)cc1. The molecule has 4 rings (SSSR count). The molecule has 0 saturated carbocycles. The summed E-state index contributed by atoms with van der Waals surface area (Å²) < 4.78 is 50.9. The number of Topliss-reactive ketones (excluding diaryl/α,β-unsaturated/α-hetero) is 2. The third-order valence-corrected chi connectivity index (χ3v) is 5.91. The maximum absolute atomic E-state index is 12.8. The first-order chi connectivity index (χ1) is 16.7. The fraction of sp³-hybridized carbons (Fsp3) is 0.0714. The molecule has 0 saturated heterocycles. The zero-order chi connectivity index (χ0) is 25.4. The van der Waals surface area contributed by atoms with Crippen molar-refractivity contribution in [3.8, 4) is 0 Å². The lowest BCUT2D eigenvalue weighted by molar-refractivity contribution is 0.0984. The van der Waals surface area contributed by atoms with Crippen LogP contribution in [0.15, 0.2) is 97.1 Å². The third kappa shape index (κ3) is 7.72. The van der Waals surface area contributed by atoms with Gasteiger partial charge in [-0.25, -0.2) is 17.6 Å². The molecule has 0 heterocycles. The van der Waals surface area contributed by atoms with Gasteiger partial charge in [0.05, 0.1) is 0 Å². The average molecular weight is 543 g/mol. The molecule has 7 heteroatoms. The highest BCUT2D eigenvalue weighted by Gasteiger charge is 2.18. The zero-order valence-electron chi connectivity index (χ0n) is 18.2. The molecule has 0 amide bonds. The number of rotatable bonds is 6. The summed E-state index contributed by atoms with van der Waals surface area (Å²) in [6, 6.07) is 22.1. The summed E-state index contributed by atoms with van der Waals surface area (Å²) in [6.45, 7) is 0. The Morgan fingerprint density at radius 2 is 0.943 bits per heavy atom. The average Bonchev–Trinajstić information content (AvgIpc) is 2.86. The van der Waals surface area contributed by atoms with Crippen molar-refractivity contribution in [1.82, 2.24) is 0 Å². The van der Waals surface area contributed by atoms with E-state index in [1.54, 1.807) is 12.1 Å². The van der Waals surface area contributed by atoms with Gasteiger partial charge in [-0.15, -0.1) is 0 Å². The van der Waals surface area contributed by atoms with E-state index in [9.17, 15) is 27.2 Å². The van der Waals surface area contributed by atoms with Crippen LogP contribution in [0.25, 0.3) is 0 Å². The third-order valence-electron chi connectivity index (χ3n) is 4.97. The maximum atomic E-state index is 12.8. The van der Waals surface area contributed by atoms with Crippen molar-refractivity contribution >= 4 is 27.5 Å². The van der Waals surface area contributed by atoms with E-state index in [4.69, 9.17) is 0 Å². The van der Waals surface area contributed by atoms with Crippen LogP contribution in [0.5, 0.6) is 0 Å². The van der Waals surface area contributed by atoms with Crippen LogP contribution in [0.3, 0.4) is 0 Å². The predicted molar refractivity (Wildman–Crippen MR) is 130 cm³/mol. The molecule has 2 nitrogen and oxygen atoms in total. The van der Waals surface area contributed by atoms with Crippen molar-refractivity contribution in [2.75, 3.05) is 0 Å². The normalized spacial score (nSPS) is 11.2. The predicted octanol–water partition coefficient (Wildman–Crippen LogP) is 7.67. The fourth-order valence-corrected chi connectivity index (χ4v) is 3.64. The van der Waals surface area contributed by atoms with Gasteiger partial charge in [0.25, 0.3) is 0 Å². The molecule has 1 atom stereocenters. The van der Waals surface area contributed by atoms with Gasteiger partial charge >= 0.3 is 0 Å². The molecule has 0 fully saturated rings. The summed E-state index contributed by atoms with van der Waals surface area (Å²) >= 11 is 3.27. The number of ketones is 2. The van der Waals surface area contributed by atoms with Crippen LogP contribution in [0.1, 0.15) is 36.7 Å². The zero-order valence-corrected chi connectivity index (χ0v) is 19.8. The highest BCUT2D eigenvalue weighted by molar-refractivity contribution is 9.09. The number of hydrogen-bond donors (Lipinski definition) is 0. The Bertz CT molecular complexity index is 1270. The minimum absolute atomic E-state index is 0.114. The number of carbonyl (C=O) groups excluding carboxylic acids is 2. The summed E-state index contributed by atoms with van der Waals surface area (Å²) in [6.07, 6.45) is 0.186. The molecule has 0 bridgehead atoms. The highest BCUT2D eigenvalue weighted by Crippen LogP contribution is 2.27. The van der Waals surface area contributed by atoms with Crippen LogP contribution in [0, 0.1) is 23.3 Å². The standard InChI is InChI=1S/C14H9BrF2O.C14H10F2O/c15-13(9-1-5-11(16)6-2-9)14(18)10-3-7-12(17)8-4-10;15-12-5-1-10(2-6-12)9-14(17)11-3-7-13(16)8-4-11/h1-8,13H;1-8H,9H2. The Labute approximate surface area is 208 Å². The van der Waals surface area contributed by atoms with Crippen LogP contribution >= 0.6 is 15.9 Å². The van der Waals surface area contributed by atoms with E-state index in [-0.39, 0.29) is 41.3 Å². The lowest BCUT2D eigenvalue weighted by atomic mass is 10.0. The Balaban J connectivity index is 0.000000196. The van der Waals surface area contributed by atoms with Gasteiger partial charge in [-0.3, -0.25) is 9.59 Å². The van der Waals surface area contributed by atoms with E-state index in [0.29, 0.717) is 16.7 Å². The summed E-state index contributed by atoms with van der Waals surface area (Å²) in [7, 11) is 0. The van der Waals surface area contributed by atoms with Crippen molar-refractivity contribution in [2.24, 2.45) is 0 Å². The second-order valence-corrected chi connectivity index (χ2v) is 8.43. The molecular weight excluding hydrogens is 524 g/mol.